The first-order chi connectivity index (χ1) is 14.6. The van der Waals surface area contributed by atoms with Gasteiger partial charge in [0.2, 0.25) is 6.10 Å². The van der Waals surface area contributed by atoms with E-state index >= 15 is 0 Å². The Hall–Kier alpha value is -3.99. The van der Waals surface area contributed by atoms with Crippen LogP contribution in [0.15, 0.2) is 97.1 Å². The third kappa shape index (κ3) is 4.36. The molecule has 1 atom stereocenters. The van der Waals surface area contributed by atoms with Crippen molar-refractivity contribution in [1.82, 2.24) is 0 Å². The average Bonchev–Trinajstić information content (AvgIpc) is 2.79. The first-order valence-corrected chi connectivity index (χ1v) is 9.41. The molecule has 0 unspecified atom stereocenters. The normalized spacial score (nSPS) is 11.6. The topological polar surface area (TPSA) is 55.4 Å². The monoisotopic (exact) mass is 399 g/mol. The Morgan fingerprint density at radius 1 is 0.767 bits per heavy atom. The maximum atomic E-state index is 13.1. The number of carbonyl (C=O) groups excluding carboxylic acids is 2. The maximum absolute atomic E-state index is 13.1. The van der Waals surface area contributed by atoms with Crippen LogP contribution in [-0.4, -0.2) is 11.9 Å². The minimum absolute atomic E-state index is 0.351. The number of esters is 1. The summed E-state index contributed by atoms with van der Waals surface area (Å²) in [4.78, 5) is 25.7. The fraction of sp³-hybridized carbons (Fsp3) is 0.0400. The number of nitrogens with one attached hydrogen (secondary N) is 1. The average molecular weight is 399 g/mol. The Kier molecular flexibility index (Phi) is 5.52. The number of hydrogen-bond donors (Lipinski definition) is 1. The molecule has 1 N–H and O–H groups in total. The first kappa shape index (κ1) is 19.3. The molecule has 148 valence electrons. The Morgan fingerprint density at radius 2 is 1.43 bits per heavy atom. The number of hydrogen-bond acceptors (Lipinski definition) is 3. The van der Waals surface area contributed by atoms with Gasteiger partial charge in [-0.25, -0.2) is 9.18 Å². The molecule has 0 aliphatic heterocycles. The van der Waals surface area contributed by atoms with E-state index in [0.29, 0.717) is 16.8 Å². The van der Waals surface area contributed by atoms with Crippen molar-refractivity contribution in [3.8, 4) is 0 Å². The highest BCUT2D eigenvalue weighted by Crippen LogP contribution is 2.23. The van der Waals surface area contributed by atoms with Gasteiger partial charge in [0.05, 0.1) is 5.56 Å². The first-order valence-electron chi connectivity index (χ1n) is 9.41. The minimum Gasteiger partial charge on any atom is -0.444 e. The summed E-state index contributed by atoms with van der Waals surface area (Å²) in [6, 6.07) is 27.0. The molecule has 0 aromatic heterocycles. The van der Waals surface area contributed by atoms with Gasteiger partial charge in [-0.3, -0.25) is 4.79 Å². The van der Waals surface area contributed by atoms with E-state index in [4.69, 9.17) is 4.74 Å². The van der Waals surface area contributed by atoms with Crippen LogP contribution in [0, 0.1) is 5.82 Å². The second-order valence-electron chi connectivity index (χ2n) is 6.75. The molecule has 0 bridgehead atoms. The number of carbonyl (C=O) groups is 2. The van der Waals surface area contributed by atoms with E-state index in [2.05, 4.69) is 5.32 Å². The number of halogens is 1. The number of ether oxygens (including phenoxy) is 1. The molecule has 4 aromatic rings. The Bertz CT molecular complexity index is 1190. The Morgan fingerprint density at radius 3 is 2.17 bits per heavy atom. The van der Waals surface area contributed by atoms with Crippen LogP contribution in [0.5, 0.6) is 0 Å². The van der Waals surface area contributed by atoms with E-state index in [9.17, 15) is 14.0 Å². The smallest absolute Gasteiger partial charge is 0.339 e. The molecule has 0 spiro atoms. The predicted octanol–water partition coefficient (Wildman–Crippen LogP) is 5.52. The molecule has 4 nitrogen and oxygen atoms in total. The molecule has 4 rings (SSSR count). The summed E-state index contributed by atoms with van der Waals surface area (Å²) in [5.74, 6) is -1.54. The van der Waals surface area contributed by atoms with Gasteiger partial charge in [0, 0.05) is 11.3 Å². The number of rotatable bonds is 5. The fourth-order valence-electron chi connectivity index (χ4n) is 3.13. The number of anilines is 1. The molecular weight excluding hydrogens is 381 g/mol. The van der Waals surface area contributed by atoms with Crippen LogP contribution < -0.4 is 5.32 Å². The maximum Gasteiger partial charge on any atom is 0.339 e. The Balaban J connectivity index is 1.59. The summed E-state index contributed by atoms with van der Waals surface area (Å²) in [6.45, 7) is 0. The lowest BCUT2D eigenvalue weighted by molar-refractivity contribution is -0.125. The van der Waals surface area contributed by atoms with Crippen LogP contribution in [0.3, 0.4) is 0 Å². The molecule has 0 aliphatic rings. The van der Waals surface area contributed by atoms with Crippen LogP contribution in [0.1, 0.15) is 22.0 Å². The zero-order valence-corrected chi connectivity index (χ0v) is 15.9. The molecule has 0 heterocycles. The second kappa shape index (κ2) is 8.57. The van der Waals surface area contributed by atoms with Crippen molar-refractivity contribution in [3.05, 3.63) is 114 Å². The summed E-state index contributed by atoms with van der Waals surface area (Å²) in [7, 11) is 0. The second-order valence-corrected chi connectivity index (χ2v) is 6.75. The lowest BCUT2D eigenvalue weighted by atomic mass is 10.1. The van der Waals surface area contributed by atoms with Crippen molar-refractivity contribution >= 4 is 28.3 Å². The van der Waals surface area contributed by atoms with Gasteiger partial charge in [0.1, 0.15) is 5.82 Å². The van der Waals surface area contributed by atoms with Gasteiger partial charge in [-0.15, -0.1) is 0 Å². The zero-order valence-electron chi connectivity index (χ0n) is 15.9. The zero-order chi connectivity index (χ0) is 20.9. The summed E-state index contributed by atoms with van der Waals surface area (Å²) in [5, 5.41) is 4.58. The lowest BCUT2D eigenvalue weighted by Gasteiger charge is -2.18. The van der Waals surface area contributed by atoms with Crippen LogP contribution in [0.4, 0.5) is 10.1 Å². The van der Waals surface area contributed by atoms with Crippen molar-refractivity contribution < 1.29 is 18.7 Å². The molecule has 0 saturated carbocycles. The third-order valence-corrected chi connectivity index (χ3v) is 4.66. The highest BCUT2D eigenvalue weighted by Gasteiger charge is 2.26. The van der Waals surface area contributed by atoms with Gasteiger partial charge >= 0.3 is 5.97 Å². The molecule has 0 aliphatic carbocycles. The van der Waals surface area contributed by atoms with E-state index in [1.807, 2.05) is 36.4 Å². The molecule has 5 heteroatoms. The molecular formula is C25H18FNO3. The molecule has 0 saturated heterocycles. The quantitative estimate of drug-likeness (QED) is 0.450. The van der Waals surface area contributed by atoms with Crippen molar-refractivity contribution in [2.45, 2.75) is 6.10 Å². The fourth-order valence-corrected chi connectivity index (χ4v) is 3.13. The third-order valence-electron chi connectivity index (χ3n) is 4.66. The number of amides is 1. The van der Waals surface area contributed by atoms with Crippen LogP contribution in [0.25, 0.3) is 10.8 Å². The van der Waals surface area contributed by atoms with Crippen molar-refractivity contribution in [2.24, 2.45) is 0 Å². The van der Waals surface area contributed by atoms with E-state index in [0.717, 1.165) is 10.8 Å². The van der Waals surface area contributed by atoms with Gasteiger partial charge in [0.15, 0.2) is 0 Å². The van der Waals surface area contributed by atoms with Gasteiger partial charge in [0.25, 0.3) is 5.91 Å². The minimum atomic E-state index is -1.16. The summed E-state index contributed by atoms with van der Waals surface area (Å²) >= 11 is 0. The van der Waals surface area contributed by atoms with Crippen LogP contribution >= 0.6 is 0 Å². The van der Waals surface area contributed by atoms with E-state index < -0.39 is 23.8 Å². The van der Waals surface area contributed by atoms with Gasteiger partial charge in [-0.1, -0.05) is 60.7 Å². The van der Waals surface area contributed by atoms with Crippen molar-refractivity contribution in [1.29, 1.82) is 0 Å². The highest BCUT2D eigenvalue weighted by molar-refractivity contribution is 5.99. The Labute approximate surface area is 172 Å². The molecule has 0 fully saturated rings. The molecule has 4 aromatic carbocycles. The van der Waals surface area contributed by atoms with Gasteiger partial charge < -0.3 is 10.1 Å². The van der Waals surface area contributed by atoms with E-state index in [1.54, 1.807) is 36.4 Å². The number of benzene rings is 4. The van der Waals surface area contributed by atoms with Crippen molar-refractivity contribution in [2.75, 3.05) is 5.32 Å². The summed E-state index contributed by atoms with van der Waals surface area (Å²) in [6.07, 6.45) is -1.16. The van der Waals surface area contributed by atoms with Crippen molar-refractivity contribution in [3.63, 3.8) is 0 Å². The largest absolute Gasteiger partial charge is 0.444 e. The van der Waals surface area contributed by atoms with E-state index in [1.165, 1.54) is 24.3 Å². The number of fused-ring (bicyclic) bond motifs is 1. The predicted molar refractivity (Wildman–Crippen MR) is 114 cm³/mol. The summed E-state index contributed by atoms with van der Waals surface area (Å²) in [5.41, 5.74) is 1.29. The van der Waals surface area contributed by atoms with Crippen LogP contribution in [-0.2, 0) is 9.53 Å². The SMILES string of the molecule is O=C(O[C@H](C(=O)Nc1ccc(F)cc1)c1ccccc1)c1ccc2ccccc2c1. The molecule has 0 radical (unpaired) electrons. The highest BCUT2D eigenvalue weighted by atomic mass is 19.1. The van der Waals surface area contributed by atoms with Crippen LogP contribution in [0.2, 0.25) is 0 Å². The molecule has 1 amide bonds. The van der Waals surface area contributed by atoms with Gasteiger partial charge in [-0.05, 0) is 47.2 Å². The lowest BCUT2D eigenvalue weighted by Crippen LogP contribution is -2.26. The standard InChI is InChI=1S/C25H18FNO3/c26-21-12-14-22(15-13-21)27-24(28)23(18-7-2-1-3-8-18)30-25(29)20-11-10-17-6-4-5-9-19(17)16-20/h1-16,23H,(H,27,28)/t23-/m0/s1. The van der Waals surface area contributed by atoms with E-state index in [-0.39, 0.29) is 0 Å². The van der Waals surface area contributed by atoms with Gasteiger partial charge in [-0.2, -0.15) is 0 Å². The molecule has 30 heavy (non-hydrogen) atoms. The summed E-state index contributed by atoms with van der Waals surface area (Å²) < 4.78 is 18.7.